The maximum atomic E-state index is 12.7. The van der Waals surface area contributed by atoms with E-state index in [9.17, 15) is 19.2 Å². The Morgan fingerprint density at radius 3 is 1.82 bits per heavy atom. The fraction of sp³-hybridized carbons (Fsp3) is 0.333. The quantitative estimate of drug-likeness (QED) is 0.174. The number of carbonyl (C=O) groups excluding carboxylic acids is 4. The van der Waals surface area contributed by atoms with E-state index in [1.807, 2.05) is 63.2 Å². The average molecular weight is 669 g/mol. The molecular weight excluding hydrogens is 624 g/mol. The number of hydrogen-bond donors (Lipinski definition) is 4. The number of benzene rings is 4. The molecule has 1 spiro atoms. The summed E-state index contributed by atoms with van der Waals surface area (Å²) in [6.45, 7) is 7.86. The van der Waals surface area contributed by atoms with Gasteiger partial charge in [-0.25, -0.2) is 0 Å². The van der Waals surface area contributed by atoms with Crippen LogP contribution in [0.3, 0.4) is 0 Å². The molecule has 0 radical (unpaired) electrons. The number of hydrogen-bond acceptors (Lipinski definition) is 4. The monoisotopic (exact) mass is 668 g/mol. The molecule has 0 atom stereocenters. The number of fused-ring (bicyclic) bond motifs is 3. The highest BCUT2D eigenvalue weighted by Gasteiger charge is 2.48. The van der Waals surface area contributed by atoms with Gasteiger partial charge in [-0.2, -0.15) is 0 Å². The molecule has 8 rings (SSSR count). The van der Waals surface area contributed by atoms with Gasteiger partial charge in [-0.05, 0) is 141 Å². The summed E-state index contributed by atoms with van der Waals surface area (Å²) in [5, 5.41) is 9.16. The minimum Gasteiger partial charge on any atom is -0.366 e. The summed E-state index contributed by atoms with van der Waals surface area (Å²) >= 11 is 0. The first-order valence-electron chi connectivity index (χ1n) is 17.6. The second-order valence-electron chi connectivity index (χ2n) is 14.9. The Hall–Kier alpha value is -5.24. The Morgan fingerprint density at radius 1 is 0.700 bits per heavy atom. The van der Waals surface area contributed by atoms with E-state index in [4.69, 9.17) is 5.73 Å². The predicted octanol–water partition coefficient (Wildman–Crippen LogP) is 7.70. The van der Waals surface area contributed by atoms with Crippen LogP contribution in [0.1, 0.15) is 102 Å². The predicted molar refractivity (Wildman–Crippen MR) is 197 cm³/mol. The Labute approximate surface area is 293 Å². The first-order valence-corrected chi connectivity index (χ1v) is 17.6. The maximum absolute atomic E-state index is 12.7. The van der Waals surface area contributed by atoms with E-state index in [0.29, 0.717) is 17.2 Å². The van der Waals surface area contributed by atoms with Crippen LogP contribution < -0.4 is 21.7 Å². The lowest BCUT2D eigenvalue weighted by Crippen LogP contribution is -2.39. The fourth-order valence-electron chi connectivity index (χ4n) is 7.81. The van der Waals surface area contributed by atoms with Crippen LogP contribution in [0.2, 0.25) is 0 Å². The lowest BCUT2D eigenvalue weighted by atomic mass is 9.79. The van der Waals surface area contributed by atoms with E-state index in [1.165, 1.54) is 6.42 Å². The molecule has 4 amide bonds. The van der Waals surface area contributed by atoms with Crippen LogP contribution in [0, 0.1) is 13.8 Å². The van der Waals surface area contributed by atoms with Crippen molar-refractivity contribution in [1.29, 1.82) is 0 Å². The molecule has 2 saturated carbocycles. The van der Waals surface area contributed by atoms with Gasteiger partial charge in [-0.15, -0.1) is 0 Å². The van der Waals surface area contributed by atoms with E-state index in [2.05, 4.69) is 41.1 Å². The molecular formula is C42H44N4O4. The first kappa shape index (κ1) is 33.3. The van der Waals surface area contributed by atoms with Gasteiger partial charge in [0.1, 0.15) is 0 Å². The third kappa shape index (κ3) is 5.76. The smallest absolute Gasteiger partial charge is 0.251 e. The molecule has 2 heterocycles. The van der Waals surface area contributed by atoms with Gasteiger partial charge in [0.05, 0.1) is 10.8 Å². The number of nitrogens with one attached hydrogen (secondary N) is 3. The molecule has 8 nitrogen and oxygen atoms in total. The van der Waals surface area contributed by atoms with Gasteiger partial charge in [0.25, 0.3) is 5.91 Å². The molecule has 4 aromatic rings. The molecule has 5 N–H and O–H groups in total. The van der Waals surface area contributed by atoms with Gasteiger partial charge in [0.15, 0.2) is 0 Å². The van der Waals surface area contributed by atoms with Gasteiger partial charge in [0, 0.05) is 28.5 Å². The SMILES string of the molecule is Cc1ccc(C(=O)NC2CCC2)cc1-c1ccc2c(c1)NC(=O)C21CCCC1.Cc1ccc(C(N)=O)cc1-c1ccc2c(c1)NC(=O)C2(C)C. The molecule has 8 heteroatoms. The molecule has 2 fully saturated rings. The molecule has 4 aromatic carbocycles. The summed E-state index contributed by atoms with van der Waals surface area (Å²) in [5.74, 6) is -0.285. The minimum absolute atomic E-state index is 0.00209. The van der Waals surface area contributed by atoms with E-state index < -0.39 is 11.3 Å². The van der Waals surface area contributed by atoms with Crippen LogP contribution in [0.5, 0.6) is 0 Å². The Balaban J connectivity index is 0.000000162. The number of anilines is 2. The maximum Gasteiger partial charge on any atom is 0.251 e. The van der Waals surface area contributed by atoms with Crippen molar-refractivity contribution in [3.05, 3.63) is 106 Å². The number of nitrogens with two attached hydrogens (primary N) is 1. The number of rotatable bonds is 5. The normalized spacial score (nSPS) is 17.9. The highest BCUT2D eigenvalue weighted by molar-refractivity contribution is 6.08. The molecule has 0 unspecified atom stereocenters. The zero-order valence-corrected chi connectivity index (χ0v) is 29.2. The minimum atomic E-state index is -0.516. The highest BCUT2D eigenvalue weighted by atomic mass is 16.2. The van der Waals surface area contributed by atoms with Crippen LogP contribution in [-0.2, 0) is 20.4 Å². The Bertz CT molecular complexity index is 2070. The summed E-state index contributed by atoms with van der Waals surface area (Å²) in [6.07, 6.45) is 7.49. The van der Waals surface area contributed by atoms with Gasteiger partial charge in [0.2, 0.25) is 17.7 Å². The van der Waals surface area contributed by atoms with Crippen molar-refractivity contribution in [2.24, 2.45) is 5.73 Å². The fourth-order valence-corrected chi connectivity index (χ4v) is 7.81. The highest BCUT2D eigenvalue weighted by Crippen LogP contribution is 2.49. The Kier molecular flexibility index (Phi) is 8.37. The third-order valence-corrected chi connectivity index (χ3v) is 11.3. The van der Waals surface area contributed by atoms with Crippen LogP contribution in [-0.4, -0.2) is 29.7 Å². The number of amides is 4. The Morgan fingerprint density at radius 2 is 1.24 bits per heavy atom. The van der Waals surface area contributed by atoms with E-state index in [0.717, 1.165) is 94.4 Å². The molecule has 256 valence electrons. The van der Waals surface area contributed by atoms with Crippen molar-refractivity contribution >= 4 is 35.0 Å². The lowest BCUT2D eigenvalue weighted by molar-refractivity contribution is -0.121. The topological polar surface area (TPSA) is 130 Å². The zero-order chi connectivity index (χ0) is 35.4. The van der Waals surface area contributed by atoms with Crippen molar-refractivity contribution < 1.29 is 19.2 Å². The first-order chi connectivity index (χ1) is 23.9. The molecule has 0 bridgehead atoms. The summed E-state index contributed by atoms with van der Waals surface area (Å²) in [5.41, 5.74) is 15.8. The number of aryl methyl sites for hydroxylation is 2. The van der Waals surface area contributed by atoms with Gasteiger partial charge >= 0.3 is 0 Å². The largest absolute Gasteiger partial charge is 0.366 e. The molecule has 2 aliphatic heterocycles. The number of carbonyl (C=O) groups is 4. The van der Waals surface area contributed by atoms with E-state index >= 15 is 0 Å². The molecule has 0 aromatic heterocycles. The summed E-state index contributed by atoms with van der Waals surface area (Å²) in [7, 11) is 0. The standard InChI is InChI=1S/C24H26N2O2.C18H18N2O2/c1-15-7-8-17(22(27)25-18-5-4-6-18)13-19(15)16-9-10-20-21(14-16)26-23(28)24(20)11-2-3-12-24;1-10-4-5-12(16(19)21)8-13(10)11-6-7-14-15(9-11)20-17(22)18(14,2)3/h7-10,13-14,18H,2-6,11-12H2,1H3,(H,25,27)(H,26,28);4-9H,1-3H3,(H2,19,21)(H,20,22). The van der Waals surface area contributed by atoms with Crippen molar-refractivity contribution in [3.63, 3.8) is 0 Å². The van der Waals surface area contributed by atoms with Crippen LogP contribution in [0.4, 0.5) is 11.4 Å². The van der Waals surface area contributed by atoms with Crippen LogP contribution in [0.15, 0.2) is 72.8 Å². The van der Waals surface area contributed by atoms with Crippen LogP contribution >= 0.6 is 0 Å². The summed E-state index contributed by atoms with van der Waals surface area (Å²) < 4.78 is 0. The van der Waals surface area contributed by atoms with Gasteiger partial charge in [-0.3, -0.25) is 19.2 Å². The zero-order valence-electron chi connectivity index (χ0n) is 29.2. The molecule has 0 saturated heterocycles. The lowest BCUT2D eigenvalue weighted by Gasteiger charge is -2.26. The van der Waals surface area contributed by atoms with Crippen LogP contribution in [0.25, 0.3) is 22.3 Å². The molecule has 4 aliphatic rings. The van der Waals surface area contributed by atoms with Gasteiger partial charge in [-0.1, -0.05) is 49.2 Å². The van der Waals surface area contributed by atoms with Crippen molar-refractivity contribution in [3.8, 4) is 22.3 Å². The average Bonchev–Trinajstić information content (AvgIpc) is 3.74. The summed E-state index contributed by atoms with van der Waals surface area (Å²) in [4.78, 5) is 48.7. The summed E-state index contributed by atoms with van der Waals surface area (Å²) in [6, 6.07) is 23.8. The number of primary amides is 1. The second kappa shape index (κ2) is 12.6. The van der Waals surface area contributed by atoms with E-state index in [-0.39, 0.29) is 23.1 Å². The second-order valence-corrected chi connectivity index (χ2v) is 14.9. The van der Waals surface area contributed by atoms with Gasteiger partial charge < -0.3 is 21.7 Å². The molecule has 2 aliphatic carbocycles. The van der Waals surface area contributed by atoms with Crippen molar-refractivity contribution in [2.45, 2.75) is 89.5 Å². The van der Waals surface area contributed by atoms with Crippen molar-refractivity contribution in [1.82, 2.24) is 5.32 Å². The third-order valence-electron chi connectivity index (χ3n) is 11.3. The van der Waals surface area contributed by atoms with Crippen molar-refractivity contribution in [2.75, 3.05) is 10.6 Å². The van der Waals surface area contributed by atoms with E-state index in [1.54, 1.807) is 12.1 Å². The molecule has 50 heavy (non-hydrogen) atoms.